The molecule has 0 bridgehead atoms. The highest BCUT2D eigenvalue weighted by molar-refractivity contribution is 5.84. The summed E-state index contributed by atoms with van der Waals surface area (Å²) in [5, 5.41) is 13.7. The van der Waals surface area contributed by atoms with E-state index in [1.165, 1.54) is 0 Å². The van der Waals surface area contributed by atoms with Gasteiger partial charge in [0.05, 0.1) is 0 Å². The second-order valence-electron chi connectivity index (χ2n) is 5.26. The van der Waals surface area contributed by atoms with E-state index < -0.39 is 0 Å². The molecular weight excluding hydrogens is 276 g/mol. The van der Waals surface area contributed by atoms with Gasteiger partial charge in [0.25, 0.3) is 0 Å². The van der Waals surface area contributed by atoms with Crippen LogP contribution in [0.1, 0.15) is 17.5 Å². The summed E-state index contributed by atoms with van der Waals surface area (Å²) in [6.07, 6.45) is 3.08. The number of phenolic OH excluding ortho intramolecular Hbond substituents is 1. The summed E-state index contributed by atoms with van der Waals surface area (Å²) < 4.78 is 0. The highest BCUT2D eigenvalue weighted by Crippen LogP contribution is 2.19. The first-order valence-corrected chi connectivity index (χ1v) is 7.32. The maximum atomic E-state index is 12.0. The number of rotatable bonds is 5. The van der Waals surface area contributed by atoms with Crippen molar-refractivity contribution in [3.8, 4) is 5.75 Å². The Morgan fingerprint density at radius 2 is 1.82 bits per heavy atom. The summed E-state index contributed by atoms with van der Waals surface area (Å²) in [4.78, 5) is 15.2. The third-order valence-corrected chi connectivity index (χ3v) is 3.76. The SMILES string of the molecule is O=C(CCc1c[nH]c2ccccc12)NCc1ccccc1O. The van der Waals surface area contributed by atoms with Gasteiger partial charge in [-0.05, 0) is 24.1 Å². The Hall–Kier alpha value is -2.75. The van der Waals surface area contributed by atoms with Gasteiger partial charge in [0.15, 0.2) is 0 Å². The molecule has 0 aliphatic heterocycles. The largest absolute Gasteiger partial charge is 0.508 e. The molecule has 1 amide bonds. The van der Waals surface area contributed by atoms with Gasteiger partial charge in [0.1, 0.15) is 5.75 Å². The number of hydrogen-bond acceptors (Lipinski definition) is 2. The molecule has 0 unspecified atom stereocenters. The molecule has 1 heterocycles. The minimum atomic E-state index is -0.0199. The maximum absolute atomic E-state index is 12.0. The molecule has 1 aromatic heterocycles. The number of aromatic hydroxyl groups is 1. The number of phenols is 1. The van der Waals surface area contributed by atoms with Crippen molar-refractivity contribution in [3.63, 3.8) is 0 Å². The number of aromatic amines is 1. The van der Waals surface area contributed by atoms with E-state index in [0.29, 0.717) is 19.4 Å². The van der Waals surface area contributed by atoms with E-state index >= 15 is 0 Å². The number of nitrogens with one attached hydrogen (secondary N) is 2. The molecule has 22 heavy (non-hydrogen) atoms. The Labute approximate surface area is 128 Å². The van der Waals surface area contributed by atoms with E-state index in [-0.39, 0.29) is 11.7 Å². The van der Waals surface area contributed by atoms with E-state index in [4.69, 9.17) is 0 Å². The number of hydrogen-bond donors (Lipinski definition) is 3. The van der Waals surface area contributed by atoms with Crippen molar-refractivity contribution in [1.29, 1.82) is 0 Å². The van der Waals surface area contributed by atoms with Crippen molar-refractivity contribution in [1.82, 2.24) is 10.3 Å². The smallest absolute Gasteiger partial charge is 0.220 e. The number of carbonyl (C=O) groups excluding carboxylic acids is 1. The summed E-state index contributed by atoms with van der Waals surface area (Å²) in [5.74, 6) is 0.188. The number of carbonyl (C=O) groups is 1. The Bertz CT molecular complexity index is 792. The highest BCUT2D eigenvalue weighted by Gasteiger charge is 2.07. The van der Waals surface area contributed by atoms with Crippen LogP contribution in [-0.4, -0.2) is 16.0 Å². The zero-order valence-corrected chi connectivity index (χ0v) is 12.2. The Morgan fingerprint density at radius 3 is 2.68 bits per heavy atom. The lowest BCUT2D eigenvalue weighted by Gasteiger charge is -2.06. The summed E-state index contributed by atoms with van der Waals surface area (Å²) in [6, 6.07) is 15.1. The number of aryl methyl sites for hydroxylation is 1. The van der Waals surface area contributed by atoms with Gasteiger partial charge < -0.3 is 15.4 Å². The van der Waals surface area contributed by atoms with E-state index in [2.05, 4.69) is 16.4 Å². The third kappa shape index (κ3) is 3.11. The van der Waals surface area contributed by atoms with Crippen LogP contribution in [0.3, 0.4) is 0 Å². The van der Waals surface area contributed by atoms with Crippen LogP contribution in [0.25, 0.3) is 10.9 Å². The lowest BCUT2D eigenvalue weighted by Crippen LogP contribution is -2.23. The van der Waals surface area contributed by atoms with Gasteiger partial charge in [0.2, 0.25) is 5.91 Å². The number of amides is 1. The van der Waals surface area contributed by atoms with Crippen LogP contribution in [-0.2, 0) is 17.8 Å². The highest BCUT2D eigenvalue weighted by atomic mass is 16.3. The molecule has 4 heteroatoms. The molecule has 0 saturated heterocycles. The standard InChI is InChI=1S/C18H18N2O2/c21-17-8-4-1-5-14(17)12-20-18(22)10-9-13-11-19-16-7-3-2-6-15(13)16/h1-8,11,19,21H,9-10,12H2,(H,20,22). The quantitative estimate of drug-likeness (QED) is 0.677. The summed E-state index contributed by atoms with van der Waals surface area (Å²) in [7, 11) is 0. The van der Waals surface area contributed by atoms with E-state index in [1.54, 1.807) is 18.2 Å². The monoisotopic (exact) mass is 294 g/mol. The molecular formula is C18H18N2O2. The Balaban J connectivity index is 1.55. The molecule has 0 saturated carbocycles. The number of H-pyrrole nitrogens is 1. The van der Waals surface area contributed by atoms with Gasteiger partial charge in [-0.3, -0.25) is 4.79 Å². The van der Waals surface area contributed by atoms with Crippen LogP contribution in [0.2, 0.25) is 0 Å². The van der Waals surface area contributed by atoms with Crippen LogP contribution < -0.4 is 5.32 Å². The first-order valence-electron chi connectivity index (χ1n) is 7.32. The fourth-order valence-electron chi connectivity index (χ4n) is 2.53. The van der Waals surface area contributed by atoms with Crippen LogP contribution in [0, 0.1) is 0 Å². The van der Waals surface area contributed by atoms with E-state index in [9.17, 15) is 9.90 Å². The fraction of sp³-hybridized carbons (Fsp3) is 0.167. The van der Waals surface area contributed by atoms with Crippen LogP contribution >= 0.6 is 0 Å². The minimum Gasteiger partial charge on any atom is -0.508 e. The van der Waals surface area contributed by atoms with Crippen LogP contribution in [0.15, 0.2) is 54.7 Å². The number of para-hydroxylation sites is 2. The molecule has 0 aliphatic carbocycles. The van der Waals surface area contributed by atoms with Gasteiger partial charge in [-0.1, -0.05) is 36.4 Å². The summed E-state index contributed by atoms with van der Waals surface area (Å²) in [5.41, 5.74) is 2.96. The molecule has 0 atom stereocenters. The number of fused-ring (bicyclic) bond motifs is 1. The van der Waals surface area contributed by atoms with Gasteiger partial charge in [0, 0.05) is 35.6 Å². The minimum absolute atomic E-state index is 0.0199. The zero-order valence-electron chi connectivity index (χ0n) is 12.2. The second kappa shape index (κ2) is 6.35. The molecule has 0 radical (unpaired) electrons. The van der Waals surface area contributed by atoms with Crippen molar-refractivity contribution in [2.24, 2.45) is 0 Å². The fourth-order valence-corrected chi connectivity index (χ4v) is 2.53. The number of benzene rings is 2. The zero-order chi connectivity index (χ0) is 15.4. The molecule has 112 valence electrons. The molecule has 3 aromatic rings. The summed E-state index contributed by atoms with van der Waals surface area (Å²) in [6.45, 7) is 0.347. The van der Waals surface area contributed by atoms with Crippen molar-refractivity contribution in [2.75, 3.05) is 0 Å². The Morgan fingerprint density at radius 1 is 1.05 bits per heavy atom. The molecule has 3 rings (SSSR count). The molecule has 3 N–H and O–H groups in total. The van der Waals surface area contributed by atoms with E-state index in [1.807, 2.05) is 30.5 Å². The van der Waals surface area contributed by atoms with Crippen molar-refractivity contribution >= 4 is 16.8 Å². The number of aromatic nitrogens is 1. The van der Waals surface area contributed by atoms with Gasteiger partial charge in [-0.2, -0.15) is 0 Å². The van der Waals surface area contributed by atoms with Gasteiger partial charge >= 0.3 is 0 Å². The van der Waals surface area contributed by atoms with Crippen LogP contribution in [0.4, 0.5) is 0 Å². The molecule has 4 nitrogen and oxygen atoms in total. The topological polar surface area (TPSA) is 65.1 Å². The van der Waals surface area contributed by atoms with Crippen molar-refractivity contribution < 1.29 is 9.90 Å². The first-order chi connectivity index (χ1) is 10.7. The predicted molar refractivity (Wildman–Crippen MR) is 86.6 cm³/mol. The van der Waals surface area contributed by atoms with Crippen molar-refractivity contribution in [2.45, 2.75) is 19.4 Å². The lowest BCUT2D eigenvalue weighted by molar-refractivity contribution is -0.121. The summed E-state index contributed by atoms with van der Waals surface area (Å²) >= 11 is 0. The normalized spacial score (nSPS) is 10.7. The molecule has 2 aromatic carbocycles. The van der Waals surface area contributed by atoms with Crippen LogP contribution in [0.5, 0.6) is 5.75 Å². The second-order valence-corrected chi connectivity index (χ2v) is 5.26. The maximum Gasteiger partial charge on any atom is 0.220 e. The lowest BCUT2D eigenvalue weighted by atomic mass is 10.1. The molecule has 0 fully saturated rings. The molecule has 0 aliphatic rings. The van der Waals surface area contributed by atoms with E-state index in [0.717, 1.165) is 22.0 Å². The first kappa shape index (κ1) is 14.2. The predicted octanol–water partition coefficient (Wildman–Crippen LogP) is 3.12. The average molecular weight is 294 g/mol. The van der Waals surface area contributed by atoms with Gasteiger partial charge in [-0.15, -0.1) is 0 Å². The Kier molecular flexibility index (Phi) is 4.10. The third-order valence-electron chi connectivity index (χ3n) is 3.76. The van der Waals surface area contributed by atoms with Gasteiger partial charge in [-0.25, -0.2) is 0 Å². The van der Waals surface area contributed by atoms with Crippen molar-refractivity contribution in [3.05, 3.63) is 65.9 Å². The average Bonchev–Trinajstić information content (AvgIpc) is 2.95. The molecule has 0 spiro atoms.